The van der Waals surface area contributed by atoms with E-state index in [1.54, 1.807) is 12.3 Å². The van der Waals surface area contributed by atoms with Crippen molar-refractivity contribution in [3.8, 4) is 11.4 Å². The molecular weight excluding hydrogens is 231 g/mol. The highest BCUT2D eigenvalue weighted by molar-refractivity contribution is 5.79. The van der Waals surface area contributed by atoms with Crippen LogP contribution in [0.2, 0.25) is 0 Å². The van der Waals surface area contributed by atoms with E-state index in [2.05, 4.69) is 15.0 Å². The van der Waals surface area contributed by atoms with E-state index < -0.39 is 0 Å². The van der Waals surface area contributed by atoms with Gasteiger partial charge in [-0.2, -0.15) is 0 Å². The topological polar surface area (TPSA) is 67.6 Å². The van der Waals surface area contributed by atoms with Crippen molar-refractivity contribution in [3.05, 3.63) is 41.8 Å². The number of nitrogens with two attached hydrogens (primary N) is 1. The first kappa shape index (κ1) is 10.7. The van der Waals surface area contributed by atoms with Gasteiger partial charge in [-0.05, 0) is 36.8 Å². The zero-order valence-corrected chi connectivity index (χ0v) is 9.74. The number of anilines is 1. The normalized spacial score (nSPS) is 11.0. The second kappa shape index (κ2) is 3.80. The molecule has 2 aromatic heterocycles. The first-order valence-electron chi connectivity index (χ1n) is 5.52. The van der Waals surface area contributed by atoms with Gasteiger partial charge in [-0.1, -0.05) is 0 Å². The molecule has 90 valence electrons. The third kappa shape index (κ3) is 1.60. The van der Waals surface area contributed by atoms with Gasteiger partial charge in [-0.3, -0.25) is 0 Å². The van der Waals surface area contributed by atoms with Crippen molar-refractivity contribution in [2.45, 2.75) is 6.92 Å². The number of hydrogen-bond acceptors (Lipinski definition) is 3. The molecule has 0 aliphatic rings. The molecule has 1 aromatic carbocycles. The highest BCUT2D eigenvalue weighted by Gasteiger charge is 2.11. The summed E-state index contributed by atoms with van der Waals surface area (Å²) < 4.78 is 13.7. The van der Waals surface area contributed by atoms with Crippen LogP contribution in [0.1, 0.15) is 5.56 Å². The van der Waals surface area contributed by atoms with E-state index in [-0.39, 0.29) is 5.82 Å². The van der Waals surface area contributed by atoms with Crippen molar-refractivity contribution in [3.63, 3.8) is 0 Å². The number of pyridine rings is 1. The Morgan fingerprint density at radius 1 is 1.28 bits per heavy atom. The van der Waals surface area contributed by atoms with Gasteiger partial charge < -0.3 is 10.7 Å². The average molecular weight is 242 g/mol. The number of nitrogens with one attached hydrogen (secondary N) is 1. The van der Waals surface area contributed by atoms with Gasteiger partial charge in [0.25, 0.3) is 0 Å². The summed E-state index contributed by atoms with van der Waals surface area (Å²) in [7, 11) is 0. The van der Waals surface area contributed by atoms with Gasteiger partial charge in [0.2, 0.25) is 0 Å². The lowest BCUT2D eigenvalue weighted by atomic mass is 10.2. The summed E-state index contributed by atoms with van der Waals surface area (Å²) in [5.74, 6) is 0.0810. The molecule has 3 aromatic rings. The summed E-state index contributed by atoms with van der Waals surface area (Å²) in [6.07, 6.45) is 1.68. The lowest BCUT2D eigenvalue weighted by Gasteiger charge is -2.00. The fourth-order valence-electron chi connectivity index (χ4n) is 1.89. The van der Waals surface area contributed by atoms with Crippen LogP contribution >= 0.6 is 0 Å². The Hall–Kier alpha value is -2.43. The maximum absolute atomic E-state index is 13.7. The Morgan fingerprint density at radius 3 is 2.89 bits per heavy atom. The van der Waals surface area contributed by atoms with Gasteiger partial charge in [-0.15, -0.1) is 0 Å². The van der Waals surface area contributed by atoms with E-state index >= 15 is 0 Å². The summed E-state index contributed by atoms with van der Waals surface area (Å²) in [6.45, 7) is 1.95. The zero-order valence-electron chi connectivity index (χ0n) is 9.74. The van der Waals surface area contributed by atoms with Crippen molar-refractivity contribution >= 4 is 16.9 Å². The highest BCUT2D eigenvalue weighted by atomic mass is 19.1. The Kier molecular flexibility index (Phi) is 2.26. The van der Waals surface area contributed by atoms with Gasteiger partial charge in [0, 0.05) is 11.9 Å². The van der Waals surface area contributed by atoms with Gasteiger partial charge in [0.05, 0.1) is 11.1 Å². The third-order valence-electron chi connectivity index (χ3n) is 2.85. The fourth-order valence-corrected chi connectivity index (χ4v) is 1.89. The lowest BCUT2D eigenvalue weighted by molar-refractivity contribution is 0.630. The number of imidazole rings is 1. The standard InChI is InChI=1S/C13H11FN4/c1-7-4-5-16-13-11(7)17-12(18-13)9-6-8(15)2-3-10(9)14/h2-6H,15H2,1H3,(H,16,17,18). The van der Waals surface area contributed by atoms with Gasteiger partial charge in [0.15, 0.2) is 5.65 Å². The van der Waals surface area contributed by atoms with E-state index in [9.17, 15) is 4.39 Å². The molecule has 5 heteroatoms. The summed E-state index contributed by atoms with van der Waals surface area (Å²) in [5, 5.41) is 0. The Balaban J connectivity index is 2.26. The summed E-state index contributed by atoms with van der Waals surface area (Å²) in [4.78, 5) is 11.5. The first-order chi connectivity index (χ1) is 8.65. The third-order valence-corrected chi connectivity index (χ3v) is 2.85. The Labute approximate surface area is 103 Å². The molecule has 0 atom stereocenters. The maximum atomic E-state index is 13.7. The van der Waals surface area contributed by atoms with Crippen LogP contribution in [0.4, 0.5) is 10.1 Å². The number of aromatic nitrogens is 3. The van der Waals surface area contributed by atoms with E-state index in [0.717, 1.165) is 11.1 Å². The second-order valence-corrected chi connectivity index (χ2v) is 4.15. The quantitative estimate of drug-likeness (QED) is 0.644. The molecule has 3 rings (SSSR count). The number of halogens is 1. The van der Waals surface area contributed by atoms with Crippen molar-refractivity contribution in [1.29, 1.82) is 0 Å². The predicted molar refractivity (Wildman–Crippen MR) is 68.4 cm³/mol. The molecule has 0 saturated heterocycles. The molecule has 0 unspecified atom stereocenters. The van der Waals surface area contributed by atoms with E-state index in [0.29, 0.717) is 22.7 Å². The lowest BCUT2D eigenvalue weighted by Crippen LogP contribution is -1.90. The number of aromatic amines is 1. The largest absolute Gasteiger partial charge is 0.399 e. The number of hydrogen-bond donors (Lipinski definition) is 2. The van der Waals surface area contributed by atoms with Crippen molar-refractivity contribution < 1.29 is 4.39 Å². The molecule has 4 nitrogen and oxygen atoms in total. The molecule has 0 saturated carbocycles. The molecule has 0 amide bonds. The van der Waals surface area contributed by atoms with Crippen LogP contribution in [0.25, 0.3) is 22.6 Å². The number of rotatable bonds is 1. The van der Waals surface area contributed by atoms with Gasteiger partial charge >= 0.3 is 0 Å². The molecule has 0 radical (unpaired) electrons. The van der Waals surface area contributed by atoms with Gasteiger partial charge in [-0.25, -0.2) is 14.4 Å². The van der Waals surface area contributed by atoms with Crippen LogP contribution < -0.4 is 5.73 Å². The highest BCUT2D eigenvalue weighted by Crippen LogP contribution is 2.25. The minimum absolute atomic E-state index is 0.354. The molecule has 0 bridgehead atoms. The minimum Gasteiger partial charge on any atom is -0.399 e. The number of nitrogens with zero attached hydrogens (tertiary/aromatic N) is 2. The number of benzene rings is 1. The first-order valence-corrected chi connectivity index (χ1v) is 5.52. The SMILES string of the molecule is Cc1ccnc2nc(-c3cc(N)ccc3F)[nH]c12. The fraction of sp³-hybridized carbons (Fsp3) is 0.0769. The Morgan fingerprint density at radius 2 is 2.11 bits per heavy atom. The number of H-pyrrole nitrogens is 1. The molecule has 0 aliphatic heterocycles. The number of nitrogen functional groups attached to an aromatic ring is 1. The van der Waals surface area contributed by atoms with Crippen molar-refractivity contribution in [2.75, 3.05) is 5.73 Å². The predicted octanol–water partition coefficient (Wildman–Crippen LogP) is 2.65. The maximum Gasteiger partial charge on any atom is 0.178 e. The van der Waals surface area contributed by atoms with Crippen LogP contribution in [-0.4, -0.2) is 15.0 Å². The zero-order chi connectivity index (χ0) is 12.7. The molecule has 0 spiro atoms. The second-order valence-electron chi connectivity index (χ2n) is 4.15. The van der Waals surface area contributed by atoms with E-state index in [4.69, 9.17) is 5.73 Å². The smallest absolute Gasteiger partial charge is 0.178 e. The minimum atomic E-state index is -0.360. The van der Waals surface area contributed by atoms with Crippen LogP contribution in [0, 0.1) is 12.7 Å². The number of aryl methyl sites for hydroxylation is 1. The average Bonchev–Trinajstić information content (AvgIpc) is 2.77. The monoisotopic (exact) mass is 242 g/mol. The van der Waals surface area contributed by atoms with Crippen LogP contribution in [-0.2, 0) is 0 Å². The van der Waals surface area contributed by atoms with E-state index in [1.165, 1.54) is 12.1 Å². The Bertz CT molecular complexity index is 733. The molecule has 0 aliphatic carbocycles. The molecular formula is C13H11FN4. The van der Waals surface area contributed by atoms with Crippen LogP contribution in [0.5, 0.6) is 0 Å². The van der Waals surface area contributed by atoms with Gasteiger partial charge in [0.1, 0.15) is 11.6 Å². The number of fused-ring (bicyclic) bond motifs is 1. The molecule has 2 heterocycles. The van der Waals surface area contributed by atoms with Crippen molar-refractivity contribution in [2.24, 2.45) is 0 Å². The van der Waals surface area contributed by atoms with Crippen LogP contribution in [0.15, 0.2) is 30.5 Å². The molecule has 18 heavy (non-hydrogen) atoms. The summed E-state index contributed by atoms with van der Waals surface area (Å²) in [6, 6.07) is 6.28. The summed E-state index contributed by atoms with van der Waals surface area (Å²) in [5.41, 5.74) is 8.92. The molecule has 3 N–H and O–H groups in total. The van der Waals surface area contributed by atoms with E-state index in [1.807, 2.05) is 13.0 Å². The molecule has 0 fully saturated rings. The van der Waals surface area contributed by atoms with Crippen LogP contribution in [0.3, 0.4) is 0 Å². The summed E-state index contributed by atoms with van der Waals surface area (Å²) >= 11 is 0. The van der Waals surface area contributed by atoms with Crippen molar-refractivity contribution in [1.82, 2.24) is 15.0 Å².